The van der Waals surface area contributed by atoms with E-state index in [-0.39, 0.29) is 25.1 Å². The maximum Gasteiger partial charge on any atom is 0.258 e. The van der Waals surface area contributed by atoms with E-state index in [4.69, 9.17) is 16.3 Å². The van der Waals surface area contributed by atoms with Crippen LogP contribution < -0.4 is 10.1 Å². The summed E-state index contributed by atoms with van der Waals surface area (Å²) in [5.74, 6) is -0.0145. The Bertz CT molecular complexity index is 740. The van der Waals surface area contributed by atoms with E-state index in [1.54, 1.807) is 12.1 Å². The molecule has 0 aliphatic rings. The van der Waals surface area contributed by atoms with E-state index < -0.39 is 5.82 Å². The van der Waals surface area contributed by atoms with Crippen LogP contribution in [0.3, 0.4) is 0 Å². The third-order valence-corrected chi connectivity index (χ3v) is 4.34. The number of nitrogens with zero attached hydrogens (tertiary/aromatic N) is 1. The molecule has 0 fully saturated rings. The molecule has 0 bridgehead atoms. The minimum absolute atomic E-state index is 0.103. The predicted molar refractivity (Wildman–Crippen MR) is 102 cm³/mol. The average molecular weight is 379 g/mol. The molecule has 4 nitrogen and oxygen atoms in total. The summed E-state index contributed by atoms with van der Waals surface area (Å²) >= 11 is 6.15. The smallest absolute Gasteiger partial charge is 0.258 e. The van der Waals surface area contributed by atoms with Crippen molar-refractivity contribution < 1.29 is 13.9 Å². The van der Waals surface area contributed by atoms with Gasteiger partial charge in [0.05, 0.1) is 6.04 Å². The molecular weight excluding hydrogens is 355 g/mol. The van der Waals surface area contributed by atoms with E-state index in [0.29, 0.717) is 16.3 Å². The molecule has 0 saturated carbocycles. The minimum Gasteiger partial charge on any atom is -0.484 e. The summed E-state index contributed by atoms with van der Waals surface area (Å²) in [5, 5.41) is 3.12. The number of carbonyl (C=O) groups excluding carboxylic acids is 1. The first-order chi connectivity index (χ1) is 12.3. The lowest BCUT2D eigenvalue weighted by Gasteiger charge is -2.26. The van der Waals surface area contributed by atoms with Crippen molar-refractivity contribution in [1.82, 2.24) is 10.2 Å². The number of hydrogen-bond donors (Lipinski definition) is 1. The number of halogens is 2. The molecule has 0 aliphatic carbocycles. The van der Waals surface area contributed by atoms with Crippen molar-refractivity contribution in [2.75, 3.05) is 27.2 Å². The lowest BCUT2D eigenvalue weighted by Crippen LogP contribution is -2.37. The van der Waals surface area contributed by atoms with E-state index in [9.17, 15) is 9.18 Å². The van der Waals surface area contributed by atoms with Gasteiger partial charge in [0, 0.05) is 17.1 Å². The Hall–Kier alpha value is -2.11. The van der Waals surface area contributed by atoms with Crippen LogP contribution in [-0.2, 0) is 4.79 Å². The van der Waals surface area contributed by atoms with Crippen LogP contribution in [0.5, 0.6) is 5.75 Å². The second-order valence-electron chi connectivity index (χ2n) is 6.53. The number of benzene rings is 2. The fraction of sp³-hybridized carbons (Fsp3) is 0.350. The number of rotatable bonds is 7. The number of carbonyl (C=O) groups is 1. The summed E-state index contributed by atoms with van der Waals surface area (Å²) in [7, 11) is 3.62. The highest BCUT2D eigenvalue weighted by Gasteiger charge is 2.21. The SMILES string of the molecule is Cc1cc(C)cc(OCC(=O)NCC(c2c(F)cccc2Cl)N(C)C)c1. The van der Waals surface area contributed by atoms with Gasteiger partial charge in [0.25, 0.3) is 5.91 Å². The number of aryl methyl sites for hydroxylation is 2. The summed E-state index contributed by atoms with van der Waals surface area (Å²) < 4.78 is 19.7. The van der Waals surface area contributed by atoms with Crippen molar-refractivity contribution >= 4 is 17.5 Å². The van der Waals surface area contributed by atoms with Crippen LogP contribution in [0.25, 0.3) is 0 Å². The Morgan fingerprint density at radius 2 is 1.88 bits per heavy atom. The standard InChI is InChI=1S/C20H24ClFN2O2/c1-13-8-14(2)10-15(9-13)26-12-19(25)23-11-18(24(3)4)20-16(21)6-5-7-17(20)22/h5-10,18H,11-12H2,1-4H3,(H,23,25). The van der Waals surface area contributed by atoms with Gasteiger partial charge in [-0.15, -0.1) is 0 Å². The molecule has 0 spiro atoms. The molecular formula is C20H24ClFN2O2. The first-order valence-electron chi connectivity index (χ1n) is 8.36. The Kier molecular flexibility index (Phi) is 7.00. The van der Waals surface area contributed by atoms with E-state index in [1.807, 2.05) is 51.0 Å². The summed E-state index contributed by atoms with van der Waals surface area (Å²) in [4.78, 5) is 13.9. The highest BCUT2D eigenvalue weighted by Crippen LogP contribution is 2.28. The summed E-state index contributed by atoms with van der Waals surface area (Å²) in [6.45, 7) is 4.07. The number of amides is 1. The fourth-order valence-electron chi connectivity index (χ4n) is 2.80. The molecule has 2 rings (SSSR count). The maximum atomic E-state index is 14.2. The van der Waals surface area contributed by atoms with Crippen molar-refractivity contribution in [3.8, 4) is 5.75 Å². The van der Waals surface area contributed by atoms with Crippen LogP contribution in [-0.4, -0.2) is 38.1 Å². The van der Waals surface area contributed by atoms with Crippen molar-refractivity contribution in [3.63, 3.8) is 0 Å². The molecule has 1 unspecified atom stereocenters. The normalized spacial score (nSPS) is 12.1. The number of ether oxygens (including phenoxy) is 1. The maximum absolute atomic E-state index is 14.2. The lowest BCUT2D eigenvalue weighted by atomic mass is 10.1. The van der Waals surface area contributed by atoms with Gasteiger partial charge in [0.15, 0.2) is 6.61 Å². The number of hydrogen-bond acceptors (Lipinski definition) is 3. The molecule has 26 heavy (non-hydrogen) atoms. The molecule has 2 aromatic rings. The largest absolute Gasteiger partial charge is 0.484 e. The van der Waals surface area contributed by atoms with Crippen LogP contribution in [0.15, 0.2) is 36.4 Å². The highest BCUT2D eigenvalue weighted by molar-refractivity contribution is 6.31. The zero-order valence-corrected chi connectivity index (χ0v) is 16.2. The van der Waals surface area contributed by atoms with Gasteiger partial charge >= 0.3 is 0 Å². The van der Waals surface area contributed by atoms with Crippen molar-refractivity contribution in [2.45, 2.75) is 19.9 Å². The molecule has 2 aromatic carbocycles. The van der Waals surface area contributed by atoms with Gasteiger partial charge in [0.1, 0.15) is 11.6 Å². The molecule has 0 heterocycles. The molecule has 0 aliphatic heterocycles. The average Bonchev–Trinajstić information content (AvgIpc) is 2.54. The van der Waals surface area contributed by atoms with Gasteiger partial charge in [-0.25, -0.2) is 4.39 Å². The monoisotopic (exact) mass is 378 g/mol. The van der Waals surface area contributed by atoms with E-state index in [1.165, 1.54) is 6.07 Å². The van der Waals surface area contributed by atoms with Crippen LogP contribution in [0.2, 0.25) is 5.02 Å². The molecule has 1 atom stereocenters. The summed E-state index contributed by atoms with van der Waals surface area (Å²) in [5.41, 5.74) is 2.51. The molecule has 1 N–H and O–H groups in total. The van der Waals surface area contributed by atoms with Crippen LogP contribution in [0, 0.1) is 19.7 Å². The van der Waals surface area contributed by atoms with E-state index in [0.717, 1.165) is 11.1 Å². The summed E-state index contributed by atoms with van der Waals surface area (Å²) in [6.07, 6.45) is 0. The van der Waals surface area contributed by atoms with Crippen molar-refractivity contribution in [3.05, 3.63) is 63.9 Å². The topological polar surface area (TPSA) is 41.6 Å². The second kappa shape index (κ2) is 9.01. The third-order valence-electron chi connectivity index (χ3n) is 4.01. The van der Waals surface area contributed by atoms with Gasteiger partial charge in [-0.2, -0.15) is 0 Å². The van der Waals surface area contributed by atoms with Gasteiger partial charge in [-0.1, -0.05) is 23.7 Å². The molecule has 0 aromatic heterocycles. The van der Waals surface area contributed by atoms with Crippen molar-refractivity contribution in [1.29, 1.82) is 0 Å². The predicted octanol–water partition coefficient (Wildman–Crippen LogP) is 3.89. The Morgan fingerprint density at radius 1 is 1.23 bits per heavy atom. The van der Waals surface area contributed by atoms with Crippen LogP contribution in [0.4, 0.5) is 4.39 Å². The summed E-state index contributed by atoms with van der Waals surface area (Å²) in [6, 6.07) is 9.97. The molecule has 140 valence electrons. The zero-order valence-electron chi connectivity index (χ0n) is 15.5. The Balaban J connectivity index is 1.97. The third kappa shape index (κ3) is 5.44. The minimum atomic E-state index is -0.392. The van der Waals surface area contributed by atoms with Gasteiger partial charge < -0.3 is 15.0 Å². The fourth-order valence-corrected chi connectivity index (χ4v) is 3.09. The quantitative estimate of drug-likeness (QED) is 0.794. The number of nitrogens with one attached hydrogen (secondary N) is 1. The first kappa shape index (κ1) is 20.2. The van der Waals surface area contributed by atoms with E-state index in [2.05, 4.69) is 5.32 Å². The first-order valence-corrected chi connectivity index (χ1v) is 8.74. The molecule has 0 radical (unpaired) electrons. The molecule has 1 amide bonds. The Morgan fingerprint density at radius 3 is 2.46 bits per heavy atom. The zero-order chi connectivity index (χ0) is 19.3. The molecule has 0 saturated heterocycles. The van der Waals surface area contributed by atoms with Gasteiger partial charge in [-0.05, 0) is 63.3 Å². The van der Waals surface area contributed by atoms with Crippen molar-refractivity contribution in [2.24, 2.45) is 0 Å². The van der Waals surface area contributed by atoms with Gasteiger partial charge in [-0.3, -0.25) is 4.79 Å². The second-order valence-corrected chi connectivity index (χ2v) is 6.94. The van der Waals surface area contributed by atoms with Gasteiger partial charge in [0.2, 0.25) is 0 Å². The van der Waals surface area contributed by atoms with Crippen LogP contribution in [0.1, 0.15) is 22.7 Å². The van der Waals surface area contributed by atoms with E-state index >= 15 is 0 Å². The lowest BCUT2D eigenvalue weighted by molar-refractivity contribution is -0.123. The molecule has 6 heteroatoms. The Labute approximate surface area is 158 Å². The number of likely N-dealkylation sites (N-methyl/N-ethyl adjacent to an activating group) is 1. The highest BCUT2D eigenvalue weighted by atomic mass is 35.5. The van der Waals surface area contributed by atoms with Crippen LogP contribution >= 0.6 is 11.6 Å².